The van der Waals surface area contributed by atoms with E-state index in [1.165, 1.54) is 24.2 Å². The van der Waals surface area contributed by atoms with Crippen molar-refractivity contribution in [2.45, 2.75) is 38.3 Å². The van der Waals surface area contributed by atoms with E-state index in [2.05, 4.69) is 30.3 Å². The molecule has 1 atom stereocenters. The lowest BCUT2D eigenvalue weighted by Gasteiger charge is -2.52. The van der Waals surface area contributed by atoms with E-state index in [9.17, 15) is 4.79 Å². The van der Waals surface area contributed by atoms with Crippen molar-refractivity contribution in [3.63, 3.8) is 0 Å². The van der Waals surface area contributed by atoms with Gasteiger partial charge in [-0.1, -0.05) is 60.7 Å². The van der Waals surface area contributed by atoms with Gasteiger partial charge >= 0.3 is 6.09 Å². The molecule has 0 saturated carbocycles. The van der Waals surface area contributed by atoms with Crippen molar-refractivity contribution >= 4 is 11.8 Å². The zero-order valence-electron chi connectivity index (χ0n) is 20.9. The molecule has 3 fully saturated rings. The highest BCUT2D eigenvalue weighted by Crippen LogP contribution is 2.37. The third-order valence-electron chi connectivity index (χ3n) is 8.39. The maximum atomic E-state index is 13.6. The summed E-state index contributed by atoms with van der Waals surface area (Å²) in [5, 5.41) is 0. The summed E-state index contributed by atoms with van der Waals surface area (Å²) in [5.41, 5.74) is 4.70. The number of quaternary nitrogens is 1. The van der Waals surface area contributed by atoms with Gasteiger partial charge in [0.15, 0.2) is 6.10 Å². The Kier molecular flexibility index (Phi) is 6.41. The molecule has 3 aromatic rings. The predicted octanol–water partition coefficient (Wildman–Crippen LogP) is 5.62. The normalized spacial score (nSPS) is 24.1. The number of anilines is 1. The summed E-state index contributed by atoms with van der Waals surface area (Å²) in [6.07, 6.45) is 4.10. The Morgan fingerprint density at radius 3 is 2.47 bits per heavy atom. The minimum Gasteiger partial charge on any atom is -0.493 e. The van der Waals surface area contributed by atoms with Crippen molar-refractivity contribution in [1.82, 2.24) is 0 Å². The number of ether oxygens (including phenoxy) is 2. The molecule has 7 rings (SSSR count). The number of nitrogens with zero attached hydrogens (tertiary/aromatic N) is 2. The molecule has 4 aliphatic rings. The van der Waals surface area contributed by atoms with E-state index < -0.39 is 0 Å². The number of amides is 1. The van der Waals surface area contributed by atoms with Crippen LogP contribution in [0.4, 0.5) is 10.5 Å². The highest BCUT2D eigenvalue weighted by atomic mass is 16.6. The molecule has 0 spiro atoms. The number of carbonyl (C=O) groups is 1. The predicted molar refractivity (Wildman–Crippen MR) is 141 cm³/mol. The quantitative estimate of drug-likeness (QED) is 0.410. The first-order chi connectivity index (χ1) is 17.7. The van der Waals surface area contributed by atoms with E-state index in [-0.39, 0.29) is 12.2 Å². The van der Waals surface area contributed by atoms with E-state index in [1.807, 2.05) is 48.5 Å². The molecule has 0 aromatic heterocycles. The smallest absolute Gasteiger partial charge is 0.415 e. The van der Waals surface area contributed by atoms with E-state index in [4.69, 9.17) is 9.47 Å². The Balaban J connectivity index is 1.14. The standard InChI is InChI=1S/C31H35N2O3/c34-31(32(28-9-5-2-6-10-28)22-25-7-3-1-4-8-25)36-30-23-33(18-14-26(30)15-19-33)17-13-24-11-12-29-27(21-24)16-20-35-29/h1-12,21,26,30H,13-20,22-23H2/q+1/t26?,30-,33?/m0/s1. The van der Waals surface area contributed by atoms with E-state index in [0.717, 1.165) is 66.9 Å². The van der Waals surface area contributed by atoms with E-state index in [0.29, 0.717) is 12.5 Å². The molecular formula is C31H35N2O3+. The average molecular weight is 484 g/mol. The van der Waals surface area contributed by atoms with Crippen LogP contribution in [0.15, 0.2) is 78.9 Å². The van der Waals surface area contributed by atoms with Gasteiger partial charge in [0.05, 0.1) is 32.8 Å². The molecule has 4 aliphatic heterocycles. The Hall–Kier alpha value is -3.31. The van der Waals surface area contributed by atoms with Gasteiger partial charge in [0.2, 0.25) is 0 Å². The van der Waals surface area contributed by atoms with Gasteiger partial charge in [0.1, 0.15) is 12.3 Å². The fraction of sp³-hybridized carbons (Fsp3) is 0.387. The van der Waals surface area contributed by atoms with Gasteiger partial charge in [0.25, 0.3) is 0 Å². The number of carbonyl (C=O) groups excluding carboxylic acids is 1. The fourth-order valence-electron chi connectivity index (χ4n) is 6.26. The lowest BCUT2D eigenvalue weighted by molar-refractivity contribution is -0.945. The van der Waals surface area contributed by atoms with Crippen LogP contribution in [0, 0.1) is 5.92 Å². The average Bonchev–Trinajstić information content (AvgIpc) is 3.40. The van der Waals surface area contributed by atoms with Crippen LogP contribution in [0.25, 0.3) is 0 Å². The van der Waals surface area contributed by atoms with Gasteiger partial charge in [-0.05, 0) is 34.9 Å². The van der Waals surface area contributed by atoms with Crippen LogP contribution >= 0.6 is 0 Å². The Morgan fingerprint density at radius 2 is 1.69 bits per heavy atom. The summed E-state index contributed by atoms with van der Waals surface area (Å²) in [5.74, 6) is 1.52. The number of para-hydroxylation sites is 1. The molecule has 3 saturated heterocycles. The SMILES string of the molecule is O=C(O[C@H]1C[N+]2(CCc3ccc4c(c3)CCO4)CCC1CC2)N(Cc1ccccc1)c1ccccc1. The second-order valence-electron chi connectivity index (χ2n) is 10.7. The molecule has 5 nitrogen and oxygen atoms in total. The Bertz CT molecular complexity index is 1190. The molecule has 36 heavy (non-hydrogen) atoms. The lowest BCUT2D eigenvalue weighted by Crippen LogP contribution is -2.65. The van der Waals surface area contributed by atoms with Crippen molar-refractivity contribution in [2.24, 2.45) is 5.92 Å². The second-order valence-corrected chi connectivity index (χ2v) is 10.7. The lowest BCUT2D eigenvalue weighted by atomic mass is 9.83. The molecule has 186 valence electrons. The van der Waals surface area contributed by atoms with E-state index >= 15 is 0 Å². The molecule has 0 radical (unpaired) electrons. The number of hydrogen-bond donors (Lipinski definition) is 0. The van der Waals surface area contributed by atoms with Gasteiger partial charge in [-0.2, -0.15) is 0 Å². The number of piperidine rings is 3. The molecule has 0 N–H and O–H groups in total. The maximum absolute atomic E-state index is 13.6. The van der Waals surface area contributed by atoms with Crippen molar-refractivity contribution in [2.75, 3.05) is 37.7 Å². The van der Waals surface area contributed by atoms with Crippen LogP contribution in [0.1, 0.15) is 29.5 Å². The fourth-order valence-corrected chi connectivity index (χ4v) is 6.26. The van der Waals surface area contributed by atoms with Crippen molar-refractivity contribution in [1.29, 1.82) is 0 Å². The van der Waals surface area contributed by atoms with Crippen LogP contribution in [-0.4, -0.2) is 49.5 Å². The number of hydrogen-bond acceptors (Lipinski definition) is 3. The molecule has 3 aromatic carbocycles. The van der Waals surface area contributed by atoms with Crippen molar-refractivity contribution < 1.29 is 18.8 Å². The third-order valence-corrected chi connectivity index (χ3v) is 8.39. The molecule has 2 bridgehead atoms. The van der Waals surface area contributed by atoms with Gasteiger partial charge in [-0.15, -0.1) is 0 Å². The molecule has 1 amide bonds. The van der Waals surface area contributed by atoms with Gasteiger partial charge in [-0.3, -0.25) is 4.90 Å². The highest BCUT2D eigenvalue weighted by molar-refractivity contribution is 5.87. The van der Waals surface area contributed by atoms with Crippen molar-refractivity contribution in [3.05, 3.63) is 95.6 Å². The molecule has 0 aliphatic carbocycles. The van der Waals surface area contributed by atoms with Crippen LogP contribution in [0.3, 0.4) is 0 Å². The van der Waals surface area contributed by atoms with Gasteiger partial charge < -0.3 is 14.0 Å². The van der Waals surface area contributed by atoms with Crippen LogP contribution in [0.5, 0.6) is 5.75 Å². The zero-order valence-corrected chi connectivity index (χ0v) is 20.9. The molecule has 4 heterocycles. The zero-order chi connectivity index (χ0) is 24.4. The largest absolute Gasteiger partial charge is 0.493 e. The number of fused-ring (bicyclic) bond motifs is 4. The summed E-state index contributed by atoms with van der Waals surface area (Å²) < 4.78 is 13.0. The number of benzene rings is 3. The third kappa shape index (κ3) is 4.85. The first-order valence-corrected chi connectivity index (χ1v) is 13.3. The van der Waals surface area contributed by atoms with Crippen LogP contribution in [0.2, 0.25) is 0 Å². The highest BCUT2D eigenvalue weighted by Gasteiger charge is 2.47. The molecule has 0 unspecified atom stereocenters. The monoisotopic (exact) mass is 483 g/mol. The summed E-state index contributed by atoms with van der Waals surface area (Å²) in [6, 6.07) is 26.7. The van der Waals surface area contributed by atoms with E-state index in [1.54, 1.807) is 4.90 Å². The number of rotatable bonds is 7. The van der Waals surface area contributed by atoms with Gasteiger partial charge in [-0.25, -0.2) is 4.79 Å². The van der Waals surface area contributed by atoms with Crippen molar-refractivity contribution in [3.8, 4) is 5.75 Å². The minimum absolute atomic E-state index is 0.0181. The first kappa shape index (κ1) is 23.1. The Labute approximate surface area is 213 Å². The summed E-state index contributed by atoms with van der Waals surface area (Å²) in [7, 11) is 0. The summed E-state index contributed by atoms with van der Waals surface area (Å²) >= 11 is 0. The topological polar surface area (TPSA) is 38.8 Å². The molecule has 5 heteroatoms. The summed E-state index contributed by atoms with van der Waals surface area (Å²) in [6.45, 7) is 5.73. The second kappa shape index (κ2) is 9.98. The molecular weight excluding hydrogens is 448 g/mol. The van der Waals surface area contributed by atoms with Crippen LogP contribution in [-0.2, 0) is 24.1 Å². The summed E-state index contributed by atoms with van der Waals surface area (Å²) in [4.78, 5) is 15.4. The Morgan fingerprint density at radius 1 is 0.944 bits per heavy atom. The first-order valence-electron chi connectivity index (χ1n) is 13.3. The minimum atomic E-state index is -0.236. The van der Waals surface area contributed by atoms with Gasteiger partial charge in [0, 0.05) is 37.3 Å². The maximum Gasteiger partial charge on any atom is 0.415 e. The van der Waals surface area contributed by atoms with Crippen LogP contribution < -0.4 is 9.64 Å².